The van der Waals surface area contributed by atoms with E-state index in [1.165, 1.54) is 10.4 Å². The third kappa shape index (κ3) is 4.13. The molecule has 3 rings (SSSR count). The molecule has 28 heavy (non-hydrogen) atoms. The Bertz CT molecular complexity index is 756. The summed E-state index contributed by atoms with van der Waals surface area (Å²) < 4.78 is 12.5. The lowest BCUT2D eigenvalue weighted by molar-refractivity contribution is -0.157. The van der Waals surface area contributed by atoms with Gasteiger partial charge in [0.05, 0.1) is 13.0 Å². The van der Waals surface area contributed by atoms with E-state index in [1.807, 2.05) is 18.2 Å². The van der Waals surface area contributed by atoms with Crippen molar-refractivity contribution in [3.63, 3.8) is 0 Å². The highest BCUT2D eigenvalue weighted by molar-refractivity contribution is 6.99. The van der Waals surface area contributed by atoms with E-state index in [2.05, 4.69) is 75.9 Å². The summed E-state index contributed by atoms with van der Waals surface area (Å²) >= 11 is 0. The number of benzene rings is 2. The van der Waals surface area contributed by atoms with Crippen LogP contribution in [0.2, 0.25) is 5.04 Å². The van der Waals surface area contributed by atoms with Gasteiger partial charge in [0.1, 0.15) is 6.10 Å². The van der Waals surface area contributed by atoms with Crippen LogP contribution in [0.3, 0.4) is 0 Å². The second-order valence-electron chi connectivity index (χ2n) is 8.52. The lowest BCUT2D eigenvalue weighted by Gasteiger charge is -2.44. The highest BCUT2D eigenvalue weighted by Gasteiger charge is 2.50. The summed E-state index contributed by atoms with van der Waals surface area (Å²) in [5, 5.41) is 2.37. The summed E-state index contributed by atoms with van der Waals surface area (Å²) in [7, 11) is -2.60. The molecule has 2 atom stereocenters. The molecule has 0 amide bonds. The summed E-state index contributed by atoms with van der Waals surface area (Å²) in [6.07, 6.45) is 2.81. The fourth-order valence-corrected chi connectivity index (χ4v) is 8.77. The minimum Gasteiger partial charge on any atom is -0.460 e. The first-order chi connectivity index (χ1) is 13.4. The van der Waals surface area contributed by atoms with Crippen LogP contribution in [0.25, 0.3) is 0 Å². The van der Waals surface area contributed by atoms with Gasteiger partial charge in [0.2, 0.25) is 0 Å². The molecule has 1 heterocycles. The average molecular weight is 395 g/mol. The zero-order valence-corrected chi connectivity index (χ0v) is 18.1. The van der Waals surface area contributed by atoms with E-state index < -0.39 is 8.32 Å². The van der Waals surface area contributed by atoms with Gasteiger partial charge in [0.25, 0.3) is 8.32 Å². The van der Waals surface area contributed by atoms with Crippen LogP contribution in [0.15, 0.2) is 73.3 Å². The molecule has 1 saturated heterocycles. The fraction of sp³-hybridized carbons (Fsp3) is 0.375. The molecule has 1 aliphatic rings. The van der Waals surface area contributed by atoms with Gasteiger partial charge in [0, 0.05) is 0 Å². The fourth-order valence-electron chi connectivity index (χ4n) is 4.18. The number of carbonyl (C=O) groups is 1. The molecule has 2 aromatic rings. The largest absolute Gasteiger partial charge is 0.460 e. The molecule has 0 bridgehead atoms. The van der Waals surface area contributed by atoms with Crippen LogP contribution in [0.4, 0.5) is 0 Å². The monoisotopic (exact) mass is 394 g/mol. The van der Waals surface area contributed by atoms with Gasteiger partial charge in [0.15, 0.2) is 0 Å². The summed E-state index contributed by atoms with van der Waals surface area (Å²) in [5.41, 5.74) is 0. The molecule has 1 aliphatic heterocycles. The molecule has 148 valence electrons. The van der Waals surface area contributed by atoms with E-state index in [9.17, 15) is 4.79 Å². The Morgan fingerprint density at radius 1 is 1.07 bits per heavy atom. The normalized spacial score (nSPS) is 20.5. The van der Waals surface area contributed by atoms with Gasteiger partial charge in [-0.3, -0.25) is 4.79 Å². The Morgan fingerprint density at radius 3 is 2.07 bits per heavy atom. The third-order valence-corrected chi connectivity index (χ3v) is 10.5. The Kier molecular flexibility index (Phi) is 6.21. The van der Waals surface area contributed by atoms with Gasteiger partial charge in [-0.15, -0.1) is 6.58 Å². The number of rotatable bonds is 6. The van der Waals surface area contributed by atoms with E-state index in [-0.39, 0.29) is 23.0 Å². The van der Waals surface area contributed by atoms with Crippen LogP contribution in [-0.2, 0) is 14.0 Å². The van der Waals surface area contributed by atoms with Crippen molar-refractivity contribution < 1.29 is 14.0 Å². The lowest BCUT2D eigenvalue weighted by atomic mass is 9.96. The molecule has 0 aromatic heterocycles. The van der Waals surface area contributed by atoms with E-state index in [1.54, 1.807) is 0 Å². The first kappa shape index (κ1) is 20.6. The quantitative estimate of drug-likeness (QED) is 0.421. The predicted octanol–water partition coefficient (Wildman–Crippen LogP) is 4.07. The van der Waals surface area contributed by atoms with E-state index in [4.69, 9.17) is 9.16 Å². The van der Waals surface area contributed by atoms with E-state index in [0.29, 0.717) is 13.0 Å². The van der Waals surface area contributed by atoms with Crippen molar-refractivity contribution in [1.82, 2.24) is 0 Å². The zero-order valence-electron chi connectivity index (χ0n) is 17.1. The van der Waals surface area contributed by atoms with E-state index in [0.717, 1.165) is 6.42 Å². The number of hydrogen-bond acceptors (Lipinski definition) is 3. The summed E-state index contributed by atoms with van der Waals surface area (Å²) in [5.74, 6) is 0.00111. The van der Waals surface area contributed by atoms with Crippen LogP contribution in [0.1, 0.15) is 33.6 Å². The van der Waals surface area contributed by atoms with Crippen molar-refractivity contribution in [3.05, 3.63) is 73.3 Å². The maximum Gasteiger partial charge on any atom is 0.306 e. The van der Waals surface area contributed by atoms with Crippen LogP contribution in [0, 0.1) is 5.92 Å². The van der Waals surface area contributed by atoms with Crippen molar-refractivity contribution in [2.75, 3.05) is 6.61 Å². The first-order valence-electron chi connectivity index (χ1n) is 9.94. The van der Waals surface area contributed by atoms with Gasteiger partial charge < -0.3 is 9.16 Å². The van der Waals surface area contributed by atoms with Gasteiger partial charge >= 0.3 is 5.97 Å². The minimum atomic E-state index is -2.60. The molecule has 3 nitrogen and oxygen atoms in total. The Morgan fingerprint density at radius 2 is 1.61 bits per heavy atom. The summed E-state index contributed by atoms with van der Waals surface area (Å²) in [6.45, 7) is 11.0. The molecule has 0 N–H and O–H groups in total. The van der Waals surface area contributed by atoms with Crippen LogP contribution in [-0.4, -0.2) is 27.0 Å². The summed E-state index contributed by atoms with van der Waals surface area (Å²) in [4.78, 5) is 12.0. The molecular weight excluding hydrogens is 364 g/mol. The third-order valence-electron chi connectivity index (χ3n) is 5.53. The number of ether oxygens (including phenoxy) is 1. The lowest BCUT2D eigenvalue weighted by Crippen LogP contribution is -2.67. The van der Waals surface area contributed by atoms with E-state index >= 15 is 0 Å². The highest BCUT2D eigenvalue weighted by Crippen LogP contribution is 2.37. The molecule has 4 heteroatoms. The maximum absolute atomic E-state index is 12.0. The topological polar surface area (TPSA) is 35.5 Å². The standard InChI is InChI=1S/C24H30O3Si/c1-5-19-16-20(27-23(25)17-19)18-26-28(24(2,3)4,21-12-8-6-9-13-21)22-14-10-7-11-15-22/h5-15,19-20H,1,16-18H2,2-4H3/t19-,20+/m1/s1. The molecule has 0 unspecified atom stereocenters. The van der Waals surface area contributed by atoms with Gasteiger partial charge in [-0.1, -0.05) is 87.5 Å². The molecule has 0 saturated carbocycles. The predicted molar refractivity (Wildman–Crippen MR) is 116 cm³/mol. The first-order valence-corrected chi connectivity index (χ1v) is 11.8. The Balaban J connectivity index is 1.99. The average Bonchev–Trinajstić information content (AvgIpc) is 2.68. The van der Waals surface area contributed by atoms with Crippen molar-refractivity contribution in [3.8, 4) is 0 Å². The highest BCUT2D eigenvalue weighted by atomic mass is 28.4. The number of hydrogen-bond donors (Lipinski definition) is 0. The molecule has 0 spiro atoms. The van der Waals surface area contributed by atoms with Crippen molar-refractivity contribution >= 4 is 24.7 Å². The van der Waals surface area contributed by atoms with Gasteiger partial charge in [-0.2, -0.15) is 0 Å². The van der Waals surface area contributed by atoms with Crippen LogP contribution >= 0.6 is 0 Å². The molecule has 0 radical (unpaired) electrons. The summed E-state index contributed by atoms with van der Waals surface area (Å²) in [6, 6.07) is 21.0. The minimum absolute atomic E-state index is 0.0911. The second kappa shape index (κ2) is 8.46. The number of allylic oxidation sites excluding steroid dienone is 1. The number of carbonyl (C=O) groups excluding carboxylic acids is 1. The number of cyclic esters (lactones) is 1. The second-order valence-corrected chi connectivity index (χ2v) is 12.8. The van der Waals surface area contributed by atoms with Crippen molar-refractivity contribution in [2.45, 2.75) is 44.8 Å². The van der Waals surface area contributed by atoms with Crippen molar-refractivity contribution in [1.29, 1.82) is 0 Å². The molecule has 2 aromatic carbocycles. The molecular formula is C24H30O3Si. The van der Waals surface area contributed by atoms with Crippen molar-refractivity contribution in [2.24, 2.45) is 5.92 Å². The van der Waals surface area contributed by atoms with Gasteiger partial charge in [-0.25, -0.2) is 0 Å². The zero-order chi connectivity index (χ0) is 20.2. The maximum atomic E-state index is 12.0. The van der Waals surface area contributed by atoms with Crippen LogP contribution < -0.4 is 10.4 Å². The number of esters is 1. The Hall–Kier alpha value is -2.17. The van der Waals surface area contributed by atoms with Crippen LogP contribution in [0.5, 0.6) is 0 Å². The molecule has 1 fully saturated rings. The van der Waals surface area contributed by atoms with Gasteiger partial charge in [-0.05, 0) is 27.8 Å². The molecule has 0 aliphatic carbocycles. The Labute approximate surface area is 169 Å². The smallest absolute Gasteiger partial charge is 0.306 e. The SMILES string of the molecule is C=C[C@H]1CC(=O)O[C@H](CO[Si](c2ccccc2)(c2ccccc2)C(C)(C)C)C1.